The van der Waals surface area contributed by atoms with Crippen LogP contribution in [0.4, 0.5) is 11.5 Å². The number of nitrogens with zero attached hydrogens (tertiary/aromatic N) is 4. The summed E-state index contributed by atoms with van der Waals surface area (Å²) in [6, 6.07) is 22.9. The van der Waals surface area contributed by atoms with Crippen molar-refractivity contribution in [3.63, 3.8) is 0 Å². The number of carbonyl (C=O) groups is 1. The number of piperidine rings is 1. The molecular formula is C27H31N5OS. The van der Waals surface area contributed by atoms with Gasteiger partial charge < -0.3 is 15.1 Å². The lowest BCUT2D eigenvalue weighted by Crippen LogP contribution is -2.40. The van der Waals surface area contributed by atoms with Crippen molar-refractivity contribution in [1.82, 2.24) is 15.5 Å². The van der Waals surface area contributed by atoms with Gasteiger partial charge >= 0.3 is 0 Å². The molecule has 0 saturated carbocycles. The molecule has 34 heavy (non-hydrogen) atoms. The molecule has 1 amide bonds. The monoisotopic (exact) mass is 473 g/mol. The summed E-state index contributed by atoms with van der Waals surface area (Å²) in [6.07, 6.45) is 4.23. The summed E-state index contributed by atoms with van der Waals surface area (Å²) in [5, 5.41) is 12.8. The fourth-order valence-electron chi connectivity index (χ4n) is 4.65. The van der Waals surface area contributed by atoms with Crippen molar-refractivity contribution in [2.24, 2.45) is 5.92 Å². The molecule has 0 aliphatic carbocycles. The van der Waals surface area contributed by atoms with Crippen molar-refractivity contribution in [3.8, 4) is 0 Å². The Morgan fingerprint density at radius 3 is 2.26 bits per heavy atom. The lowest BCUT2D eigenvalue weighted by molar-refractivity contribution is -0.125. The predicted molar refractivity (Wildman–Crippen MR) is 137 cm³/mol. The molecule has 1 aromatic heterocycles. The zero-order valence-corrected chi connectivity index (χ0v) is 20.2. The minimum atomic E-state index is 0.0565. The minimum Gasteiger partial charge on any atom is -0.372 e. The van der Waals surface area contributed by atoms with E-state index in [4.69, 9.17) is 0 Å². The Labute approximate surface area is 205 Å². The van der Waals surface area contributed by atoms with E-state index >= 15 is 0 Å². The van der Waals surface area contributed by atoms with Gasteiger partial charge in [0.1, 0.15) is 5.03 Å². The molecule has 0 atom stereocenters. The van der Waals surface area contributed by atoms with Gasteiger partial charge in [-0.25, -0.2) is 0 Å². The summed E-state index contributed by atoms with van der Waals surface area (Å²) in [4.78, 5) is 18.5. The number of hydrogen-bond acceptors (Lipinski definition) is 6. The zero-order valence-electron chi connectivity index (χ0n) is 19.4. The largest absolute Gasteiger partial charge is 0.372 e. The molecule has 2 fully saturated rings. The summed E-state index contributed by atoms with van der Waals surface area (Å²) >= 11 is 1.61. The van der Waals surface area contributed by atoms with Gasteiger partial charge in [-0.15, -0.1) is 10.2 Å². The maximum atomic E-state index is 12.7. The van der Waals surface area contributed by atoms with Crippen LogP contribution in [0.25, 0.3) is 0 Å². The molecule has 3 heterocycles. The van der Waals surface area contributed by atoms with Crippen LogP contribution in [0.5, 0.6) is 0 Å². The van der Waals surface area contributed by atoms with Gasteiger partial charge in [-0.1, -0.05) is 42.1 Å². The van der Waals surface area contributed by atoms with Gasteiger partial charge in [-0.05, 0) is 67.6 Å². The van der Waals surface area contributed by atoms with Crippen LogP contribution >= 0.6 is 11.8 Å². The van der Waals surface area contributed by atoms with E-state index in [0.717, 1.165) is 60.3 Å². The van der Waals surface area contributed by atoms with Gasteiger partial charge in [-0.3, -0.25) is 4.79 Å². The molecule has 6 nitrogen and oxygen atoms in total. The Morgan fingerprint density at radius 1 is 0.853 bits per heavy atom. The quantitative estimate of drug-likeness (QED) is 0.534. The molecule has 2 aliphatic rings. The molecule has 0 radical (unpaired) electrons. The molecule has 0 unspecified atom stereocenters. The molecule has 7 heteroatoms. The van der Waals surface area contributed by atoms with Gasteiger partial charge in [0.2, 0.25) is 5.91 Å². The number of amides is 1. The SMILES string of the molecule is O=C(NCc1ccc(N2CCCC2)cc1)C1CCN(c2ccc(Sc3ccccc3)nn2)CC1. The molecule has 2 aromatic carbocycles. The number of hydrogen-bond donors (Lipinski definition) is 1. The third-order valence-electron chi connectivity index (χ3n) is 6.66. The van der Waals surface area contributed by atoms with Crippen LogP contribution in [0.15, 0.2) is 76.7 Å². The second-order valence-corrected chi connectivity index (χ2v) is 10.1. The summed E-state index contributed by atoms with van der Waals surface area (Å²) in [7, 11) is 0. The number of benzene rings is 2. The first kappa shape index (κ1) is 22.7. The highest BCUT2D eigenvalue weighted by Gasteiger charge is 2.25. The first-order valence-electron chi connectivity index (χ1n) is 12.2. The summed E-state index contributed by atoms with van der Waals surface area (Å²) in [5.74, 6) is 1.10. The summed E-state index contributed by atoms with van der Waals surface area (Å²) < 4.78 is 0. The Balaban J connectivity index is 1.07. The van der Waals surface area contributed by atoms with E-state index in [1.54, 1.807) is 11.8 Å². The predicted octanol–water partition coefficient (Wildman–Crippen LogP) is 4.76. The van der Waals surface area contributed by atoms with Crippen LogP contribution in [0.3, 0.4) is 0 Å². The van der Waals surface area contributed by atoms with Crippen molar-refractivity contribution < 1.29 is 4.79 Å². The van der Waals surface area contributed by atoms with Crippen LogP contribution in [-0.2, 0) is 11.3 Å². The molecule has 3 aromatic rings. The lowest BCUT2D eigenvalue weighted by atomic mass is 9.96. The van der Waals surface area contributed by atoms with E-state index in [0.29, 0.717) is 6.54 Å². The molecule has 1 N–H and O–H groups in total. The van der Waals surface area contributed by atoms with Crippen LogP contribution in [0.2, 0.25) is 0 Å². The standard InChI is InChI=1S/C27H31N5OS/c33-27(28-20-21-8-10-23(11-9-21)31-16-4-5-17-31)22-14-18-32(19-15-22)25-12-13-26(30-29-25)34-24-6-2-1-3-7-24/h1-3,6-13,22H,4-5,14-20H2,(H,28,33). The highest BCUT2D eigenvalue weighted by Crippen LogP contribution is 2.27. The highest BCUT2D eigenvalue weighted by atomic mass is 32.2. The van der Waals surface area contributed by atoms with E-state index in [-0.39, 0.29) is 11.8 Å². The van der Waals surface area contributed by atoms with E-state index < -0.39 is 0 Å². The maximum absolute atomic E-state index is 12.7. The zero-order chi connectivity index (χ0) is 23.2. The van der Waals surface area contributed by atoms with Gasteiger partial charge in [-0.2, -0.15) is 0 Å². The third-order valence-corrected chi connectivity index (χ3v) is 7.59. The topological polar surface area (TPSA) is 61.4 Å². The van der Waals surface area contributed by atoms with E-state index in [9.17, 15) is 4.79 Å². The highest BCUT2D eigenvalue weighted by molar-refractivity contribution is 7.99. The first-order valence-corrected chi connectivity index (χ1v) is 13.0. The first-order chi connectivity index (χ1) is 16.7. The molecule has 2 aliphatic heterocycles. The van der Waals surface area contributed by atoms with E-state index in [1.165, 1.54) is 18.5 Å². The second-order valence-electron chi connectivity index (χ2n) is 8.98. The lowest BCUT2D eigenvalue weighted by Gasteiger charge is -2.31. The number of rotatable bonds is 7. The minimum absolute atomic E-state index is 0.0565. The van der Waals surface area contributed by atoms with Crippen LogP contribution in [-0.4, -0.2) is 42.3 Å². The fraction of sp³-hybridized carbons (Fsp3) is 0.370. The molecule has 176 valence electrons. The fourth-order valence-corrected chi connectivity index (χ4v) is 5.40. The third kappa shape index (κ3) is 5.70. The maximum Gasteiger partial charge on any atom is 0.223 e. The number of carbonyl (C=O) groups excluding carboxylic acids is 1. The van der Waals surface area contributed by atoms with Crippen molar-refractivity contribution in [2.75, 3.05) is 36.0 Å². The molecule has 0 bridgehead atoms. The number of anilines is 2. The normalized spacial score (nSPS) is 16.6. The molecule has 0 spiro atoms. The average Bonchev–Trinajstić information content (AvgIpc) is 3.44. The van der Waals surface area contributed by atoms with Crippen molar-refractivity contribution in [1.29, 1.82) is 0 Å². The van der Waals surface area contributed by atoms with Gasteiger partial charge in [0, 0.05) is 49.2 Å². The summed E-state index contributed by atoms with van der Waals surface area (Å²) in [5.41, 5.74) is 2.44. The summed E-state index contributed by atoms with van der Waals surface area (Å²) in [6.45, 7) is 4.53. The van der Waals surface area contributed by atoms with Crippen molar-refractivity contribution in [3.05, 3.63) is 72.3 Å². The van der Waals surface area contributed by atoms with Crippen molar-refractivity contribution in [2.45, 2.75) is 42.1 Å². The van der Waals surface area contributed by atoms with Crippen LogP contribution in [0, 0.1) is 5.92 Å². The second kappa shape index (κ2) is 10.9. The van der Waals surface area contributed by atoms with Gasteiger partial charge in [0.25, 0.3) is 0 Å². The molecule has 2 saturated heterocycles. The van der Waals surface area contributed by atoms with E-state index in [1.807, 2.05) is 30.3 Å². The molecular weight excluding hydrogens is 442 g/mol. The van der Waals surface area contributed by atoms with E-state index in [2.05, 4.69) is 61.7 Å². The molecule has 5 rings (SSSR count). The smallest absolute Gasteiger partial charge is 0.223 e. The van der Waals surface area contributed by atoms with Crippen LogP contribution in [0.1, 0.15) is 31.2 Å². The van der Waals surface area contributed by atoms with Gasteiger partial charge in [0.15, 0.2) is 5.82 Å². The average molecular weight is 474 g/mol. The Morgan fingerprint density at radius 2 is 1.59 bits per heavy atom. The van der Waals surface area contributed by atoms with Crippen LogP contribution < -0.4 is 15.1 Å². The Kier molecular flexibility index (Phi) is 7.29. The Hall–Kier alpha value is -3.06. The van der Waals surface area contributed by atoms with Gasteiger partial charge in [0.05, 0.1) is 0 Å². The number of nitrogens with one attached hydrogen (secondary N) is 1. The Bertz CT molecular complexity index is 1060. The number of aromatic nitrogens is 2. The van der Waals surface area contributed by atoms with Crippen molar-refractivity contribution >= 4 is 29.2 Å².